The number of hydrogen-bond acceptors (Lipinski definition) is 9. The maximum absolute atomic E-state index is 9.96. The van der Waals surface area contributed by atoms with Crippen molar-refractivity contribution in [2.45, 2.75) is 91.1 Å². The molecule has 2 atom stereocenters. The third kappa shape index (κ3) is 27.5. The Labute approximate surface area is 222 Å². The van der Waals surface area contributed by atoms with E-state index in [1.165, 1.54) is 82.0 Å². The highest BCUT2D eigenvalue weighted by atomic mass is 32.2. The van der Waals surface area contributed by atoms with Crippen molar-refractivity contribution in [3.63, 3.8) is 0 Å². The van der Waals surface area contributed by atoms with Crippen molar-refractivity contribution >= 4 is 32.2 Å². The highest BCUT2D eigenvalue weighted by molar-refractivity contribution is 7.86. The van der Waals surface area contributed by atoms with Gasteiger partial charge in [0.05, 0.1) is 42.1 Å². The lowest BCUT2D eigenvalue weighted by atomic mass is 10.1. The van der Waals surface area contributed by atoms with E-state index in [1.54, 1.807) is 0 Å². The normalized spacial score (nSPS) is 13.4. The van der Waals surface area contributed by atoms with E-state index in [0.717, 1.165) is 0 Å². The largest absolute Gasteiger partial charge is 0.748 e. The first-order valence-electron chi connectivity index (χ1n) is 12.6. The predicted octanol–water partition coefficient (Wildman–Crippen LogP) is 1.23. The molecule has 0 saturated heterocycles. The van der Waals surface area contributed by atoms with Crippen LogP contribution in [0, 0.1) is 0 Å². The summed E-state index contributed by atoms with van der Waals surface area (Å²) in [7, 11) is -8.80. The van der Waals surface area contributed by atoms with Crippen molar-refractivity contribution < 1.29 is 50.2 Å². The minimum Gasteiger partial charge on any atom is -0.748 e. The minimum atomic E-state index is -4.52. The molecule has 0 aliphatic carbocycles. The molecule has 0 saturated carbocycles. The van der Waals surface area contributed by atoms with Crippen LogP contribution in [-0.2, 0) is 29.8 Å². The van der Waals surface area contributed by atoms with Gasteiger partial charge in [0.25, 0.3) is 10.1 Å². The number of carboxylic acids is 2. The Balaban J connectivity index is -0.000000499. The van der Waals surface area contributed by atoms with Crippen LogP contribution in [0.3, 0.4) is 0 Å². The van der Waals surface area contributed by atoms with E-state index in [1.807, 2.05) is 0 Å². The second-order valence-corrected chi connectivity index (χ2v) is 12.0. The van der Waals surface area contributed by atoms with Gasteiger partial charge in [-0.1, -0.05) is 53.4 Å². The van der Waals surface area contributed by atoms with Crippen molar-refractivity contribution in [3.05, 3.63) is 0 Å². The van der Waals surface area contributed by atoms with Gasteiger partial charge in [-0.3, -0.25) is 14.1 Å². The molecule has 0 aromatic carbocycles. The summed E-state index contributed by atoms with van der Waals surface area (Å²) in [5.41, 5.74) is 9.49. The fourth-order valence-corrected chi connectivity index (χ4v) is 4.41. The molecule has 0 amide bonds. The van der Waals surface area contributed by atoms with Crippen molar-refractivity contribution in [2.75, 3.05) is 37.7 Å². The molecule has 13 nitrogen and oxygen atoms in total. The Morgan fingerprint density at radius 1 is 0.703 bits per heavy atom. The molecular formula is C22H49N3O10S2. The molecule has 0 aliphatic rings. The summed E-state index contributed by atoms with van der Waals surface area (Å²) in [5, 5.41) is 16.1. The molecule has 0 aliphatic heterocycles. The van der Waals surface area contributed by atoms with E-state index >= 15 is 0 Å². The highest BCUT2D eigenvalue weighted by Crippen LogP contribution is 2.16. The molecule has 15 heteroatoms. The van der Waals surface area contributed by atoms with Gasteiger partial charge in [-0.15, -0.1) is 0 Å². The van der Waals surface area contributed by atoms with Gasteiger partial charge in [0, 0.05) is 0 Å². The van der Waals surface area contributed by atoms with E-state index in [2.05, 4.69) is 27.7 Å². The standard InChI is InChI=1S/C16H36N.2C3H7NO5S/c1-5-9-13-17(14-10-6-2,15-11-7-3)16-12-8-4;2*4-2(3(5)6)1-10(7,8)9/h5-16H2,1-4H3;2*2H,1,4H2,(H,5,6)(H,7,8,9)/q+1;;/p-1. The van der Waals surface area contributed by atoms with Crippen LogP contribution >= 0.6 is 0 Å². The molecule has 0 aromatic heterocycles. The summed E-state index contributed by atoms with van der Waals surface area (Å²) in [6.07, 6.45) is 11.1. The Bertz CT molecular complexity index is 733. The quantitative estimate of drug-likeness (QED) is 0.114. The summed E-state index contributed by atoms with van der Waals surface area (Å²) < 4.78 is 58.9. The zero-order valence-electron chi connectivity index (χ0n) is 22.7. The van der Waals surface area contributed by atoms with Crippen molar-refractivity contribution in [1.82, 2.24) is 0 Å². The van der Waals surface area contributed by atoms with E-state index in [0.29, 0.717) is 0 Å². The number of nitrogens with two attached hydrogens (primary N) is 2. The van der Waals surface area contributed by atoms with E-state index in [-0.39, 0.29) is 0 Å². The van der Waals surface area contributed by atoms with E-state index < -0.39 is 55.8 Å². The molecule has 224 valence electrons. The van der Waals surface area contributed by atoms with E-state index in [9.17, 15) is 31.0 Å². The molecule has 2 unspecified atom stereocenters. The average Bonchev–Trinajstić information content (AvgIpc) is 2.76. The molecule has 0 rings (SSSR count). The third-order valence-corrected chi connectivity index (χ3v) is 6.90. The monoisotopic (exact) mass is 579 g/mol. The molecule has 0 fully saturated rings. The van der Waals surface area contributed by atoms with Gasteiger partial charge >= 0.3 is 11.9 Å². The maximum atomic E-state index is 9.96. The summed E-state index contributed by atoms with van der Waals surface area (Å²) in [6, 6.07) is -3.18. The summed E-state index contributed by atoms with van der Waals surface area (Å²) >= 11 is 0. The topological polar surface area (TPSA) is 238 Å². The Morgan fingerprint density at radius 3 is 1.11 bits per heavy atom. The number of rotatable bonds is 18. The van der Waals surface area contributed by atoms with Gasteiger partial charge in [-0.25, -0.2) is 8.42 Å². The maximum Gasteiger partial charge on any atom is 0.321 e. The van der Waals surface area contributed by atoms with Gasteiger partial charge in [-0.2, -0.15) is 8.42 Å². The molecule has 7 N–H and O–H groups in total. The van der Waals surface area contributed by atoms with Crippen LogP contribution in [0.2, 0.25) is 0 Å². The number of nitrogens with zero attached hydrogens (tertiary/aromatic N) is 1. The number of carboxylic acid groups (broad SMARTS) is 2. The lowest BCUT2D eigenvalue weighted by Crippen LogP contribution is -2.50. The number of quaternary nitrogens is 1. The Hall–Kier alpha value is -1.36. The van der Waals surface area contributed by atoms with Crippen LogP contribution in [0.25, 0.3) is 0 Å². The van der Waals surface area contributed by atoms with Gasteiger partial charge in [-0.05, 0) is 25.7 Å². The van der Waals surface area contributed by atoms with Crippen molar-refractivity contribution in [1.29, 1.82) is 0 Å². The minimum absolute atomic E-state index is 0.956. The molecule has 0 aromatic rings. The summed E-state index contributed by atoms with van der Waals surface area (Å²) in [6.45, 7) is 15.0. The van der Waals surface area contributed by atoms with Crippen LogP contribution in [0.1, 0.15) is 79.1 Å². The first-order chi connectivity index (χ1) is 16.9. The molecular weight excluding hydrogens is 530 g/mol. The highest BCUT2D eigenvalue weighted by Gasteiger charge is 2.24. The third-order valence-electron chi connectivity index (χ3n) is 5.35. The zero-order chi connectivity index (χ0) is 29.7. The van der Waals surface area contributed by atoms with Gasteiger partial charge in [0.1, 0.15) is 17.8 Å². The summed E-state index contributed by atoms with van der Waals surface area (Å²) in [5.74, 6) is -4.98. The SMILES string of the molecule is CCCC[N+](CCCC)(CCCC)CCCC.NC(CS(=O)(=O)O)C(=O)O.NC(CS(=O)(=O)[O-])C(=O)O. The second kappa shape index (κ2) is 21.6. The number of carbonyl (C=O) groups is 2. The van der Waals surface area contributed by atoms with Gasteiger partial charge in [0.15, 0.2) is 0 Å². The second-order valence-electron chi connectivity index (χ2n) is 9.01. The number of unbranched alkanes of at least 4 members (excludes halogenated alkanes) is 4. The molecule has 0 spiro atoms. The van der Waals surface area contributed by atoms with Gasteiger partial charge in [0.2, 0.25) is 0 Å². The number of aliphatic carboxylic acids is 2. The number of hydrogen-bond donors (Lipinski definition) is 5. The molecule has 0 heterocycles. The molecule has 37 heavy (non-hydrogen) atoms. The smallest absolute Gasteiger partial charge is 0.321 e. The predicted molar refractivity (Wildman–Crippen MR) is 142 cm³/mol. The zero-order valence-corrected chi connectivity index (χ0v) is 24.3. The van der Waals surface area contributed by atoms with Crippen LogP contribution in [-0.4, -0.2) is 102 Å². The first-order valence-corrected chi connectivity index (χ1v) is 15.8. The van der Waals surface area contributed by atoms with Crippen LogP contribution < -0.4 is 11.5 Å². The average molecular weight is 580 g/mol. The molecule has 0 bridgehead atoms. The first kappa shape index (κ1) is 40.1. The van der Waals surface area contributed by atoms with Crippen LogP contribution in [0.4, 0.5) is 0 Å². The Kier molecular flexibility index (Phi) is 23.4. The summed E-state index contributed by atoms with van der Waals surface area (Å²) in [4.78, 5) is 19.7. The fraction of sp³-hybridized carbons (Fsp3) is 0.909. The molecule has 0 radical (unpaired) electrons. The van der Waals surface area contributed by atoms with Crippen molar-refractivity contribution in [3.8, 4) is 0 Å². The lowest BCUT2D eigenvalue weighted by Gasteiger charge is -2.39. The van der Waals surface area contributed by atoms with Gasteiger partial charge < -0.3 is 30.7 Å². The van der Waals surface area contributed by atoms with Crippen LogP contribution in [0.5, 0.6) is 0 Å². The van der Waals surface area contributed by atoms with Crippen molar-refractivity contribution in [2.24, 2.45) is 11.5 Å². The fourth-order valence-electron chi connectivity index (χ4n) is 3.23. The van der Waals surface area contributed by atoms with Crippen LogP contribution in [0.15, 0.2) is 0 Å². The Morgan fingerprint density at radius 2 is 0.973 bits per heavy atom. The van der Waals surface area contributed by atoms with E-state index in [4.69, 9.17) is 26.2 Å². The lowest BCUT2D eigenvalue weighted by molar-refractivity contribution is -0.929.